The van der Waals surface area contributed by atoms with E-state index in [1.54, 1.807) is 18.0 Å². The van der Waals surface area contributed by atoms with Crippen molar-refractivity contribution in [2.24, 2.45) is 0 Å². The molecule has 0 amide bonds. The second-order valence-electron chi connectivity index (χ2n) is 7.04. The van der Waals surface area contributed by atoms with Crippen molar-refractivity contribution in [2.75, 3.05) is 13.3 Å². The van der Waals surface area contributed by atoms with Crippen LogP contribution in [0.4, 0.5) is 0 Å². The molecule has 1 unspecified atom stereocenters. The van der Waals surface area contributed by atoms with Gasteiger partial charge in [-0.05, 0) is 52.7 Å². The molecule has 0 aromatic heterocycles. The largest absolute Gasteiger partial charge is 0.496 e. The maximum atomic E-state index is 5.67. The van der Waals surface area contributed by atoms with E-state index >= 15 is 0 Å². The zero-order chi connectivity index (χ0) is 15.9. The Balaban J connectivity index is 2.25. The Morgan fingerprint density at radius 2 is 1.77 bits per heavy atom. The smallest absolute Gasteiger partial charge is 0.126 e. The molecule has 0 fully saturated rings. The molecule has 1 atom stereocenters. The molecule has 0 N–H and O–H groups in total. The molecule has 22 heavy (non-hydrogen) atoms. The fourth-order valence-corrected chi connectivity index (χ4v) is 6.52. The van der Waals surface area contributed by atoms with Gasteiger partial charge >= 0.3 is 0 Å². The van der Waals surface area contributed by atoms with Gasteiger partial charge < -0.3 is 4.74 Å². The third-order valence-electron chi connectivity index (χ3n) is 4.53. The van der Waals surface area contributed by atoms with Gasteiger partial charge in [0.05, 0.1) is 7.11 Å². The molecule has 0 saturated carbocycles. The molecule has 0 aliphatic carbocycles. The van der Waals surface area contributed by atoms with Gasteiger partial charge in [-0.2, -0.15) is 0 Å². The first-order valence-corrected chi connectivity index (χ1v) is 9.49. The number of ether oxygens (including phenoxy) is 1. The lowest BCUT2D eigenvalue weighted by molar-refractivity contribution is 0.416. The zero-order valence-electron chi connectivity index (χ0n) is 14.2. The zero-order valence-corrected chi connectivity index (χ0v) is 15.1. The molecule has 0 bridgehead atoms. The Labute approximate surface area is 135 Å². The van der Waals surface area contributed by atoms with Crippen LogP contribution in [0.1, 0.15) is 31.9 Å². The maximum Gasteiger partial charge on any atom is 0.126 e. The standard InChI is InChI=1S/C20H25OP/c1-14-8-6-11-17(21-5)18(14)16-10-7-9-15-12-13-22(19(15)16)20(2,3)4/h6-11H,12-13H2,1-5H3. The van der Waals surface area contributed by atoms with Crippen molar-refractivity contribution in [1.29, 1.82) is 0 Å². The fraction of sp³-hybridized carbons (Fsp3) is 0.400. The molecule has 1 aliphatic rings. The first kappa shape index (κ1) is 15.6. The van der Waals surface area contributed by atoms with E-state index in [1.807, 2.05) is 0 Å². The van der Waals surface area contributed by atoms with E-state index < -0.39 is 0 Å². The molecular weight excluding hydrogens is 287 g/mol. The molecule has 2 heteroatoms. The van der Waals surface area contributed by atoms with Crippen LogP contribution in [0.15, 0.2) is 36.4 Å². The van der Waals surface area contributed by atoms with Crippen LogP contribution in [-0.2, 0) is 6.42 Å². The molecule has 0 saturated heterocycles. The molecule has 2 aromatic carbocycles. The number of hydrogen-bond acceptors (Lipinski definition) is 1. The van der Waals surface area contributed by atoms with Crippen LogP contribution in [0.2, 0.25) is 0 Å². The lowest BCUT2D eigenvalue weighted by Crippen LogP contribution is -2.20. The van der Waals surface area contributed by atoms with Gasteiger partial charge in [0.15, 0.2) is 0 Å². The molecule has 1 heterocycles. The van der Waals surface area contributed by atoms with Gasteiger partial charge in [-0.15, -0.1) is 0 Å². The average Bonchev–Trinajstić information content (AvgIpc) is 2.91. The third-order valence-corrected chi connectivity index (χ3v) is 7.89. The Bertz CT molecular complexity index is 697. The van der Waals surface area contributed by atoms with E-state index in [0.717, 1.165) is 5.75 Å². The summed E-state index contributed by atoms with van der Waals surface area (Å²) in [6, 6.07) is 13.2. The Morgan fingerprint density at radius 3 is 2.45 bits per heavy atom. The first-order chi connectivity index (χ1) is 10.4. The van der Waals surface area contributed by atoms with Gasteiger partial charge in [0.1, 0.15) is 5.75 Å². The van der Waals surface area contributed by atoms with Crippen molar-refractivity contribution in [1.82, 2.24) is 0 Å². The fourth-order valence-electron chi connectivity index (χ4n) is 3.48. The van der Waals surface area contributed by atoms with Crippen molar-refractivity contribution in [2.45, 2.75) is 39.3 Å². The number of rotatable bonds is 2. The normalized spacial score (nSPS) is 17.4. The summed E-state index contributed by atoms with van der Waals surface area (Å²) in [6.45, 7) is 9.35. The van der Waals surface area contributed by atoms with Crippen LogP contribution >= 0.6 is 7.92 Å². The summed E-state index contributed by atoms with van der Waals surface area (Å²) < 4.78 is 5.67. The summed E-state index contributed by atoms with van der Waals surface area (Å²) in [5, 5.41) is 1.96. The monoisotopic (exact) mass is 312 g/mol. The highest BCUT2D eigenvalue weighted by molar-refractivity contribution is 7.68. The Kier molecular flexibility index (Phi) is 4.03. The van der Waals surface area contributed by atoms with Crippen LogP contribution in [0.25, 0.3) is 11.1 Å². The van der Waals surface area contributed by atoms with Crippen LogP contribution in [0.5, 0.6) is 5.75 Å². The van der Waals surface area contributed by atoms with Crippen molar-refractivity contribution in [3.8, 4) is 16.9 Å². The SMILES string of the molecule is COc1cccc(C)c1-c1cccc2c1P(C(C)(C)C)CC2. The minimum atomic E-state index is -0.132. The second-order valence-corrected chi connectivity index (χ2v) is 10.1. The molecule has 1 aliphatic heterocycles. The van der Waals surface area contributed by atoms with Crippen molar-refractivity contribution >= 4 is 13.2 Å². The minimum absolute atomic E-state index is 0.132. The van der Waals surface area contributed by atoms with E-state index in [0.29, 0.717) is 5.16 Å². The van der Waals surface area contributed by atoms with E-state index in [-0.39, 0.29) is 7.92 Å². The maximum absolute atomic E-state index is 5.67. The first-order valence-electron chi connectivity index (χ1n) is 7.97. The minimum Gasteiger partial charge on any atom is -0.496 e. The predicted molar refractivity (Wildman–Crippen MR) is 98.0 cm³/mol. The van der Waals surface area contributed by atoms with Crippen LogP contribution < -0.4 is 10.0 Å². The van der Waals surface area contributed by atoms with E-state index in [2.05, 4.69) is 64.1 Å². The molecular formula is C20H25OP. The van der Waals surface area contributed by atoms with E-state index in [1.165, 1.54) is 29.3 Å². The number of fused-ring (bicyclic) bond motifs is 1. The van der Waals surface area contributed by atoms with Crippen LogP contribution in [0.3, 0.4) is 0 Å². The predicted octanol–water partition coefficient (Wildman–Crippen LogP) is 5.13. The van der Waals surface area contributed by atoms with Crippen molar-refractivity contribution in [3.63, 3.8) is 0 Å². The molecule has 3 rings (SSSR count). The number of aryl methyl sites for hydroxylation is 2. The lowest BCUT2D eigenvalue weighted by Gasteiger charge is -2.30. The van der Waals surface area contributed by atoms with Crippen LogP contribution in [-0.4, -0.2) is 18.4 Å². The lowest BCUT2D eigenvalue weighted by atomic mass is 9.97. The van der Waals surface area contributed by atoms with E-state index in [9.17, 15) is 0 Å². The molecule has 2 aromatic rings. The summed E-state index contributed by atoms with van der Waals surface area (Å²) in [5.41, 5.74) is 5.51. The highest BCUT2D eigenvalue weighted by Crippen LogP contribution is 2.55. The van der Waals surface area contributed by atoms with Crippen molar-refractivity contribution in [3.05, 3.63) is 47.5 Å². The second kappa shape index (κ2) is 5.70. The third kappa shape index (κ3) is 2.57. The van der Waals surface area contributed by atoms with Gasteiger partial charge in [-0.1, -0.05) is 59.0 Å². The molecule has 0 radical (unpaired) electrons. The molecule has 116 valence electrons. The highest BCUT2D eigenvalue weighted by atomic mass is 31.1. The average molecular weight is 312 g/mol. The molecule has 1 nitrogen and oxygen atoms in total. The Morgan fingerprint density at radius 1 is 1.05 bits per heavy atom. The van der Waals surface area contributed by atoms with E-state index in [4.69, 9.17) is 4.74 Å². The van der Waals surface area contributed by atoms with Gasteiger partial charge in [-0.25, -0.2) is 0 Å². The number of benzene rings is 2. The summed E-state index contributed by atoms with van der Waals surface area (Å²) in [4.78, 5) is 0. The molecule has 0 spiro atoms. The highest BCUT2D eigenvalue weighted by Gasteiger charge is 2.34. The summed E-state index contributed by atoms with van der Waals surface area (Å²) in [6.07, 6.45) is 2.54. The topological polar surface area (TPSA) is 9.23 Å². The van der Waals surface area contributed by atoms with Gasteiger partial charge in [0, 0.05) is 5.56 Å². The van der Waals surface area contributed by atoms with Gasteiger partial charge in [0.25, 0.3) is 0 Å². The summed E-state index contributed by atoms with van der Waals surface area (Å²) in [7, 11) is 1.64. The van der Waals surface area contributed by atoms with Gasteiger partial charge in [-0.3, -0.25) is 0 Å². The Hall–Kier alpha value is -1.33. The summed E-state index contributed by atoms with van der Waals surface area (Å²) in [5.74, 6) is 0.990. The van der Waals surface area contributed by atoms with Crippen molar-refractivity contribution < 1.29 is 4.74 Å². The quantitative estimate of drug-likeness (QED) is 0.698. The van der Waals surface area contributed by atoms with Gasteiger partial charge in [0.2, 0.25) is 0 Å². The summed E-state index contributed by atoms with van der Waals surface area (Å²) >= 11 is 0. The number of methoxy groups -OCH3 is 1. The number of hydrogen-bond donors (Lipinski definition) is 0. The van der Waals surface area contributed by atoms with Crippen LogP contribution in [0, 0.1) is 6.92 Å².